The van der Waals surface area contributed by atoms with E-state index in [0.717, 1.165) is 37.2 Å². The molecule has 25 heavy (non-hydrogen) atoms. The van der Waals surface area contributed by atoms with Crippen molar-refractivity contribution in [3.63, 3.8) is 0 Å². The molecule has 1 fully saturated rings. The van der Waals surface area contributed by atoms with Crippen LogP contribution in [0.5, 0.6) is 0 Å². The maximum absolute atomic E-state index is 11.9. The van der Waals surface area contributed by atoms with Crippen LogP contribution in [0.1, 0.15) is 55.9 Å². The van der Waals surface area contributed by atoms with E-state index < -0.39 is 5.91 Å². The van der Waals surface area contributed by atoms with Crippen LogP contribution in [0.15, 0.2) is 6.07 Å². The van der Waals surface area contributed by atoms with Crippen molar-refractivity contribution in [3.05, 3.63) is 23.3 Å². The number of aryl methyl sites for hydroxylation is 2. The van der Waals surface area contributed by atoms with Gasteiger partial charge < -0.3 is 16.0 Å². The van der Waals surface area contributed by atoms with Crippen LogP contribution in [0.3, 0.4) is 0 Å². The van der Waals surface area contributed by atoms with E-state index in [0.29, 0.717) is 12.2 Å². The highest BCUT2D eigenvalue weighted by molar-refractivity contribution is 5.83. The number of primary amides is 1. The molecule has 8 heteroatoms. The second-order valence-corrected chi connectivity index (χ2v) is 6.33. The molecule has 1 atom stereocenters. The Labute approximate surface area is 147 Å². The van der Waals surface area contributed by atoms with Crippen molar-refractivity contribution in [3.8, 4) is 0 Å². The van der Waals surface area contributed by atoms with Crippen molar-refractivity contribution in [1.29, 1.82) is 0 Å². The van der Waals surface area contributed by atoms with Crippen molar-refractivity contribution in [2.45, 2.75) is 52.0 Å². The average Bonchev–Trinajstić information content (AvgIpc) is 2.57. The molecule has 0 saturated carbocycles. The Balaban J connectivity index is 2.07. The molecule has 2 rings (SSSR count). The zero-order chi connectivity index (χ0) is 18.4. The van der Waals surface area contributed by atoms with Crippen LogP contribution in [0.4, 0.5) is 0 Å². The first-order valence-corrected chi connectivity index (χ1v) is 8.53. The van der Waals surface area contributed by atoms with Crippen LogP contribution in [-0.4, -0.2) is 45.7 Å². The number of aromatic nitrogens is 2. The zero-order valence-corrected chi connectivity index (χ0v) is 14.7. The summed E-state index contributed by atoms with van der Waals surface area (Å²) in [7, 11) is 0. The summed E-state index contributed by atoms with van der Waals surface area (Å²) in [6, 6.07) is 1.74. The van der Waals surface area contributed by atoms with Gasteiger partial charge in [-0.3, -0.25) is 14.4 Å². The number of hydrogen-bond donors (Lipinski definition) is 2. The largest absolute Gasteiger partial charge is 0.368 e. The number of nitrogens with zero attached hydrogens (tertiary/aromatic N) is 3. The number of carbonyl (C=O) groups is 3. The normalized spacial score (nSPS) is 17.2. The Morgan fingerprint density at radius 3 is 2.76 bits per heavy atom. The maximum atomic E-state index is 11.9. The molecule has 0 unspecified atom stereocenters. The molecule has 1 aliphatic heterocycles. The highest BCUT2D eigenvalue weighted by Gasteiger charge is 2.28. The maximum Gasteiger partial charge on any atom is 0.236 e. The van der Waals surface area contributed by atoms with E-state index in [1.165, 1.54) is 0 Å². The number of likely N-dealkylation sites (tertiary alicyclic amines) is 1. The summed E-state index contributed by atoms with van der Waals surface area (Å²) in [4.78, 5) is 45.2. The van der Waals surface area contributed by atoms with E-state index in [1.807, 2.05) is 17.9 Å². The molecular weight excluding hydrogens is 322 g/mol. The van der Waals surface area contributed by atoms with Gasteiger partial charge in [0.1, 0.15) is 0 Å². The lowest BCUT2D eigenvalue weighted by Gasteiger charge is -2.34. The van der Waals surface area contributed by atoms with Crippen LogP contribution >= 0.6 is 0 Å². The Bertz CT molecular complexity index is 662. The first-order valence-electron chi connectivity index (χ1n) is 8.53. The van der Waals surface area contributed by atoms with E-state index in [1.54, 1.807) is 6.92 Å². The number of nitrogens with two attached hydrogens (primary N) is 1. The predicted octanol–water partition coefficient (Wildman–Crippen LogP) is 0.393. The summed E-state index contributed by atoms with van der Waals surface area (Å²) in [6.45, 7) is 4.01. The quantitative estimate of drug-likeness (QED) is 0.772. The van der Waals surface area contributed by atoms with E-state index in [9.17, 15) is 14.4 Å². The highest BCUT2D eigenvalue weighted by atomic mass is 16.2. The monoisotopic (exact) mass is 347 g/mol. The van der Waals surface area contributed by atoms with Crippen LogP contribution in [0.25, 0.3) is 0 Å². The van der Waals surface area contributed by atoms with Gasteiger partial charge in [-0.2, -0.15) is 0 Å². The van der Waals surface area contributed by atoms with E-state index in [4.69, 9.17) is 5.73 Å². The topological polar surface area (TPSA) is 118 Å². The minimum atomic E-state index is -0.574. The molecule has 8 nitrogen and oxygen atoms in total. The molecule has 0 radical (unpaired) electrons. The van der Waals surface area contributed by atoms with Crippen LogP contribution < -0.4 is 11.1 Å². The van der Waals surface area contributed by atoms with E-state index in [2.05, 4.69) is 15.3 Å². The van der Waals surface area contributed by atoms with Crippen molar-refractivity contribution in [1.82, 2.24) is 20.2 Å². The summed E-state index contributed by atoms with van der Waals surface area (Å²) < 4.78 is 0. The van der Waals surface area contributed by atoms with Gasteiger partial charge in [0, 0.05) is 31.3 Å². The number of amides is 3. The minimum Gasteiger partial charge on any atom is -0.368 e. The third-order valence-corrected chi connectivity index (χ3v) is 4.20. The number of piperidine rings is 1. The lowest BCUT2D eigenvalue weighted by Crippen LogP contribution is -2.38. The van der Waals surface area contributed by atoms with Gasteiger partial charge in [-0.05, 0) is 38.7 Å². The Kier molecular flexibility index (Phi) is 6.44. The Morgan fingerprint density at radius 2 is 2.08 bits per heavy atom. The van der Waals surface area contributed by atoms with Gasteiger partial charge >= 0.3 is 0 Å². The third kappa shape index (κ3) is 5.51. The Hall–Kier alpha value is -2.51. The van der Waals surface area contributed by atoms with Crippen LogP contribution in [0, 0.1) is 6.92 Å². The van der Waals surface area contributed by atoms with Crippen LogP contribution in [-0.2, 0) is 20.8 Å². The van der Waals surface area contributed by atoms with Gasteiger partial charge in [0.25, 0.3) is 0 Å². The third-order valence-electron chi connectivity index (χ3n) is 4.20. The number of carbonyl (C=O) groups excluding carboxylic acids is 3. The molecule has 2 heterocycles. The summed E-state index contributed by atoms with van der Waals surface area (Å²) >= 11 is 0. The number of rotatable bonds is 6. The van der Waals surface area contributed by atoms with Gasteiger partial charge in [0.15, 0.2) is 5.82 Å². The fourth-order valence-corrected chi connectivity index (χ4v) is 3.03. The molecular formula is C17H25N5O3. The summed E-state index contributed by atoms with van der Waals surface area (Å²) in [5.41, 5.74) is 6.57. The average molecular weight is 347 g/mol. The SMILES string of the molecule is CC(=O)N1CCCC[C@H]1c1nc(C)cc(CCC(=O)NCC(N)=O)n1. The van der Waals surface area contributed by atoms with Crippen LogP contribution in [0.2, 0.25) is 0 Å². The molecule has 136 valence electrons. The van der Waals surface area contributed by atoms with Crippen molar-refractivity contribution in [2.75, 3.05) is 13.1 Å². The lowest BCUT2D eigenvalue weighted by atomic mass is 10.0. The lowest BCUT2D eigenvalue weighted by molar-refractivity contribution is -0.132. The second kappa shape index (κ2) is 8.55. The van der Waals surface area contributed by atoms with Crippen molar-refractivity contribution >= 4 is 17.7 Å². The van der Waals surface area contributed by atoms with Gasteiger partial charge in [0.05, 0.1) is 12.6 Å². The van der Waals surface area contributed by atoms with E-state index >= 15 is 0 Å². The first-order chi connectivity index (χ1) is 11.9. The first kappa shape index (κ1) is 18.8. The molecule has 0 spiro atoms. The summed E-state index contributed by atoms with van der Waals surface area (Å²) in [6.07, 6.45) is 3.53. The highest BCUT2D eigenvalue weighted by Crippen LogP contribution is 2.29. The minimum absolute atomic E-state index is 0.0298. The van der Waals surface area contributed by atoms with Gasteiger partial charge in [-0.15, -0.1) is 0 Å². The smallest absolute Gasteiger partial charge is 0.236 e. The predicted molar refractivity (Wildman–Crippen MR) is 91.3 cm³/mol. The standard InChI is InChI=1S/C17H25N5O3/c1-11-9-13(6-7-16(25)19-10-15(18)24)21-17(20-11)14-5-3-4-8-22(14)12(2)23/h9,14H,3-8,10H2,1-2H3,(H2,18,24)(H,19,25)/t14-/m0/s1. The summed E-state index contributed by atoms with van der Waals surface area (Å²) in [5.74, 6) is -0.153. The Morgan fingerprint density at radius 1 is 1.32 bits per heavy atom. The molecule has 0 aromatic carbocycles. The molecule has 3 amide bonds. The molecule has 1 aliphatic rings. The molecule has 0 aliphatic carbocycles. The second-order valence-electron chi connectivity index (χ2n) is 6.33. The number of nitrogens with one attached hydrogen (secondary N) is 1. The fraction of sp³-hybridized carbons (Fsp3) is 0.588. The van der Waals surface area contributed by atoms with E-state index in [-0.39, 0.29) is 30.8 Å². The fourth-order valence-electron chi connectivity index (χ4n) is 3.03. The zero-order valence-electron chi connectivity index (χ0n) is 14.7. The molecule has 1 aromatic rings. The molecule has 1 aromatic heterocycles. The molecule has 3 N–H and O–H groups in total. The van der Waals surface area contributed by atoms with Crippen molar-refractivity contribution in [2.24, 2.45) is 5.73 Å². The summed E-state index contributed by atoms with van der Waals surface area (Å²) in [5, 5.41) is 2.46. The molecule has 0 bridgehead atoms. The van der Waals surface area contributed by atoms with Crippen molar-refractivity contribution < 1.29 is 14.4 Å². The molecule has 1 saturated heterocycles. The van der Waals surface area contributed by atoms with Gasteiger partial charge in [-0.25, -0.2) is 9.97 Å². The number of hydrogen-bond acceptors (Lipinski definition) is 5. The van der Waals surface area contributed by atoms with Gasteiger partial charge in [-0.1, -0.05) is 0 Å². The van der Waals surface area contributed by atoms with Gasteiger partial charge in [0.2, 0.25) is 17.7 Å².